The average molecular weight is 420 g/mol. The summed E-state index contributed by atoms with van der Waals surface area (Å²) in [4.78, 5) is 27.6. The molecular weight excluding hydrogens is 405 g/mol. The van der Waals surface area contributed by atoms with Gasteiger partial charge in [-0.25, -0.2) is 14.5 Å². The largest absolute Gasteiger partial charge is 0.478 e. The number of anilines is 1. The lowest BCUT2D eigenvalue weighted by Crippen LogP contribution is -2.16. The molecule has 0 atom stereocenters. The van der Waals surface area contributed by atoms with Gasteiger partial charge in [-0.2, -0.15) is 0 Å². The lowest BCUT2D eigenvalue weighted by molar-refractivity contribution is 0.0695. The number of aromatic carboxylic acids is 1. The molecule has 3 aromatic rings. The molecule has 0 aliphatic heterocycles. The van der Waals surface area contributed by atoms with Crippen LogP contribution >= 0.6 is 23.2 Å². The van der Waals surface area contributed by atoms with E-state index >= 15 is 0 Å². The second kappa shape index (κ2) is 7.95. The van der Waals surface area contributed by atoms with Gasteiger partial charge in [0.15, 0.2) is 5.69 Å². The van der Waals surface area contributed by atoms with Crippen LogP contribution in [0.5, 0.6) is 0 Å². The Hall–Kier alpha value is -2.97. The predicted molar refractivity (Wildman–Crippen MR) is 104 cm³/mol. The summed E-state index contributed by atoms with van der Waals surface area (Å²) in [5.41, 5.74) is 1.92. The Morgan fingerprint density at radius 3 is 2.54 bits per heavy atom. The van der Waals surface area contributed by atoms with Gasteiger partial charge in [0, 0.05) is 0 Å². The highest BCUT2D eigenvalue weighted by molar-refractivity contribution is 6.42. The Bertz CT molecular complexity index is 1080. The summed E-state index contributed by atoms with van der Waals surface area (Å²) in [6.45, 7) is 3.64. The van der Waals surface area contributed by atoms with Crippen LogP contribution in [-0.2, 0) is 6.54 Å². The van der Waals surface area contributed by atoms with Crippen LogP contribution in [-0.4, -0.2) is 37.0 Å². The Kier molecular flexibility index (Phi) is 5.62. The monoisotopic (exact) mass is 419 g/mol. The van der Waals surface area contributed by atoms with Crippen molar-refractivity contribution in [2.75, 3.05) is 5.32 Å². The zero-order chi connectivity index (χ0) is 20.4. The summed E-state index contributed by atoms with van der Waals surface area (Å²) in [5.74, 6) is -1.34. The van der Waals surface area contributed by atoms with Crippen molar-refractivity contribution in [3.05, 3.63) is 68.6 Å². The summed E-state index contributed by atoms with van der Waals surface area (Å²) in [6.07, 6.45) is 0. The van der Waals surface area contributed by atoms with Crippen molar-refractivity contribution in [1.29, 1.82) is 0 Å². The minimum Gasteiger partial charge on any atom is -0.478 e. The fraction of sp³-hybridized carbons (Fsp3) is 0.167. The van der Waals surface area contributed by atoms with E-state index in [1.54, 1.807) is 30.7 Å². The highest BCUT2D eigenvalue weighted by Gasteiger charge is 2.18. The standard InChI is InChI=1S/C18H15Cl2N5O3/c1-9-12(18(27)28)4-6-15(21-9)22-17(26)16-10(2)25(24-23-16)8-11-3-5-13(19)14(20)7-11/h3-7H,8H2,1-2H3,(H,27,28)(H,21,22,26). The second-order valence-electron chi connectivity index (χ2n) is 6.02. The molecule has 3 rings (SSSR count). The summed E-state index contributed by atoms with van der Waals surface area (Å²) >= 11 is 11.9. The molecule has 1 amide bonds. The number of rotatable bonds is 5. The Balaban J connectivity index is 1.77. The number of pyridine rings is 1. The third-order valence-corrected chi connectivity index (χ3v) is 4.81. The van der Waals surface area contributed by atoms with E-state index in [4.69, 9.17) is 28.3 Å². The van der Waals surface area contributed by atoms with E-state index in [9.17, 15) is 9.59 Å². The Labute approximate surface area is 170 Å². The van der Waals surface area contributed by atoms with Crippen molar-refractivity contribution < 1.29 is 14.7 Å². The van der Waals surface area contributed by atoms with Crippen LogP contribution in [0.4, 0.5) is 5.82 Å². The van der Waals surface area contributed by atoms with Crippen LogP contribution in [0.25, 0.3) is 0 Å². The molecule has 0 fully saturated rings. The molecule has 0 bridgehead atoms. The minimum atomic E-state index is -1.08. The van der Waals surface area contributed by atoms with Gasteiger partial charge >= 0.3 is 5.97 Å². The van der Waals surface area contributed by atoms with Gasteiger partial charge in [-0.1, -0.05) is 34.5 Å². The van der Waals surface area contributed by atoms with E-state index in [1.807, 2.05) is 6.07 Å². The molecule has 0 spiro atoms. The smallest absolute Gasteiger partial charge is 0.337 e. The van der Waals surface area contributed by atoms with Crippen molar-refractivity contribution in [2.45, 2.75) is 20.4 Å². The van der Waals surface area contributed by atoms with Gasteiger partial charge in [0.1, 0.15) is 5.82 Å². The SMILES string of the molecule is Cc1nc(NC(=O)c2nnn(Cc3ccc(Cl)c(Cl)c3)c2C)ccc1C(=O)O. The first-order chi connectivity index (χ1) is 13.3. The molecule has 10 heteroatoms. The molecule has 2 aromatic heterocycles. The molecule has 0 aliphatic carbocycles. The number of amides is 1. The number of aromatic nitrogens is 4. The van der Waals surface area contributed by atoms with Crippen molar-refractivity contribution in [1.82, 2.24) is 20.0 Å². The zero-order valence-electron chi connectivity index (χ0n) is 14.9. The first-order valence-electron chi connectivity index (χ1n) is 8.12. The highest BCUT2D eigenvalue weighted by atomic mass is 35.5. The number of hydrogen-bond acceptors (Lipinski definition) is 5. The molecule has 144 valence electrons. The molecule has 0 radical (unpaired) electrons. The molecule has 1 aromatic carbocycles. The van der Waals surface area contributed by atoms with Crippen molar-refractivity contribution in [2.24, 2.45) is 0 Å². The van der Waals surface area contributed by atoms with Crippen LogP contribution in [0.1, 0.15) is 37.8 Å². The molecule has 28 heavy (non-hydrogen) atoms. The number of benzene rings is 1. The minimum absolute atomic E-state index is 0.0711. The lowest BCUT2D eigenvalue weighted by Gasteiger charge is -2.07. The van der Waals surface area contributed by atoms with E-state index in [0.717, 1.165) is 5.56 Å². The van der Waals surface area contributed by atoms with Crippen LogP contribution in [0, 0.1) is 13.8 Å². The number of carboxylic acids is 1. The van der Waals surface area contributed by atoms with E-state index in [1.165, 1.54) is 12.1 Å². The van der Waals surface area contributed by atoms with E-state index in [-0.39, 0.29) is 17.1 Å². The number of hydrogen-bond donors (Lipinski definition) is 2. The normalized spacial score (nSPS) is 10.7. The molecule has 0 saturated carbocycles. The molecule has 0 saturated heterocycles. The van der Waals surface area contributed by atoms with Crippen molar-refractivity contribution >= 4 is 40.9 Å². The number of carbonyl (C=O) groups is 2. The van der Waals surface area contributed by atoms with Gasteiger partial charge in [0.25, 0.3) is 5.91 Å². The van der Waals surface area contributed by atoms with Crippen LogP contribution in [0.2, 0.25) is 10.0 Å². The predicted octanol–water partition coefficient (Wildman–Crippen LogP) is 3.60. The quantitative estimate of drug-likeness (QED) is 0.653. The van der Waals surface area contributed by atoms with Crippen LogP contribution in [0.3, 0.4) is 0 Å². The van der Waals surface area contributed by atoms with Crippen molar-refractivity contribution in [3.8, 4) is 0 Å². The van der Waals surface area contributed by atoms with E-state index in [0.29, 0.717) is 28.0 Å². The maximum Gasteiger partial charge on any atom is 0.337 e. The van der Waals surface area contributed by atoms with Crippen LogP contribution in [0.15, 0.2) is 30.3 Å². The molecule has 8 nitrogen and oxygen atoms in total. The molecular formula is C18H15Cl2N5O3. The third-order valence-electron chi connectivity index (χ3n) is 4.07. The summed E-state index contributed by atoms with van der Waals surface area (Å²) in [7, 11) is 0. The summed E-state index contributed by atoms with van der Waals surface area (Å²) in [5, 5.41) is 20.5. The molecule has 2 heterocycles. The van der Waals surface area contributed by atoms with Crippen LogP contribution < -0.4 is 5.32 Å². The number of halogens is 2. The lowest BCUT2D eigenvalue weighted by atomic mass is 10.2. The molecule has 0 unspecified atom stereocenters. The van der Waals surface area contributed by atoms with Gasteiger partial charge in [-0.05, 0) is 43.7 Å². The van der Waals surface area contributed by atoms with Gasteiger partial charge in [0.2, 0.25) is 0 Å². The zero-order valence-corrected chi connectivity index (χ0v) is 16.4. The fourth-order valence-electron chi connectivity index (χ4n) is 2.56. The first-order valence-corrected chi connectivity index (χ1v) is 8.88. The average Bonchev–Trinajstić information content (AvgIpc) is 2.98. The number of carboxylic acid groups (broad SMARTS) is 1. The maximum absolute atomic E-state index is 12.5. The van der Waals surface area contributed by atoms with Crippen molar-refractivity contribution in [3.63, 3.8) is 0 Å². The van der Waals surface area contributed by atoms with Gasteiger partial charge in [-0.3, -0.25) is 4.79 Å². The van der Waals surface area contributed by atoms with E-state index in [2.05, 4.69) is 20.6 Å². The fourth-order valence-corrected chi connectivity index (χ4v) is 2.88. The summed E-state index contributed by atoms with van der Waals surface area (Å²) < 4.78 is 1.57. The maximum atomic E-state index is 12.5. The van der Waals surface area contributed by atoms with E-state index < -0.39 is 11.9 Å². The van der Waals surface area contributed by atoms with Gasteiger partial charge in [-0.15, -0.1) is 5.10 Å². The van der Waals surface area contributed by atoms with Gasteiger partial charge in [0.05, 0.1) is 33.5 Å². The number of nitrogens with one attached hydrogen (secondary N) is 1. The number of aryl methyl sites for hydroxylation is 1. The Morgan fingerprint density at radius 2 is 1.89 bits per heavy atom. The first kappa shape index (κ1) is 19.8. The number of carbonyl (C=O) groups excluding carboxylic acids is 1. The third kappa shape index (κ3) is 4.13. The van der Waals surface area contributed by atoms with Gasteiger partial charge < -0.3 is 10.4 Å². The molecule has 2 N–H and O–H groups in total. The second-order valence-corrected chi connectivity index (χ2v) is 6.83. The highest BCUT2D eigenvalue weighted by Crippen LogP contribution is 2.23. The topological polar surface area (TPSA) is 110 Å². The molecule has 0 aliphatic rings. The summed E-state index contributed by atoms with van der Waals surface area (Å²) in [6, 6.07) is 8.03. The number of nitrogens with zero attached hydrogens (tertiary/aromatic N) is 4. The Morgan fingerprint density at radius 1 is 1.14 bits per heavy atom.